The minimum absolute atomic E-state index is 0.255. The monoisotopic (exact) mass is 401 g/mol. The van der Waals surface area contributed by atoms with Gasteiger partial charge in [0.25, 0.3) is 0 Å². The Bertz CT molecular complexity index is 551. The van der Waals surface area contributed by atoms with Gasteiger partial charge in [-0.2, -0.15) is 0 Å². The summed E-state index contributed by atoms with van der Waals surface area (Å²) in [6, 6.07) is 11.0. The molecule has 1 aromatic heterocycles. The lowest BCUT2D eigenvalue weighted by atomic mass is 10.1. The molecule has 0 bridgehead atoms. The van der Waals surface area contributed by atoms with Crippen molar-refractivity contribution in [3.63, 3.8) is 0 Å². The molecule has 0 fully saturated rings. The normalized spacial score (nSPS) is 12.6. The second kappa shape index (κ2) is 7.02. The van der Waals surface area contributed by atoms with E-state index in [9.17, 15) is 0 Å². The molecular weight excluding hydrogens is 386 g/mol. The number of halogens is 2. The Balaban J connectivity index is 2.39. The molecule has 4 heteroatoms. The summed E-state index contributed by atoms with van der Waals surface area (Å²) in [7, 11) is 0. The van der Waals surface area contributed by atoms with E-state index >= 15 is 0 Å². The second-order valence-electron chi connectivity index (χ2n) is 4.50. The number of thiophene rings is 1. The minimum atomic E-state index is 0.255. The first kappa shape index (κ1) is 15.2. The fourth-order valence-corrected chi connectivity index (χ4v) is 3.82. The van der Waals surface area contributed by atoms with E-state index in [1.165, 1.54) is 15.3 Å². The summed E-state index contributed by atoms with van der Waals surface area (Å²) in [5.41, 5.74) is 1.28. The Morgan fingerprint density at radius 1 is 1.21 bits per heavy atom. The van der Waals surface area contributed by atoms with Crippen LogP contribution in [0, 0.1) is 6.92 Å². The Morgan fingerprint density at radius 3 is 2.63 bits per heavy atom. The number of hydrogen-bond donors (Lipinski definition) is 1. The van der Waals surface area contributed by atoms with Gasteiger partial charge in [0.2, 0.25) is 0 Å². The van der Waals surface area contributed by atoms with Crippen molar-refractivity contribution in [1.29, 1.82) is 0 Å². The topological polar surface area (TPSA) is 12.0 Å². The summed E-state index contributed by atoms with van der Waals surface area (Å²) in [6.07, 6.45) is 1.13. The SMILES string of the molecule is CCCNC(c1ccc(C)s1)c1cc(Br)ccc1Br. The third-order valence-electron chi connectivity index (χ3n) is 2.91. The molecule has 2 aromatic rings. The van der Waals surface area contributed by atoms with E-state index in [2.05, 4.69) is 81.4 Å². The predicted octanol–water partition coefficient (Wildman–Crippen LogP) is 5.67. The van der Waals surface area contributed by atoms with Crippen LogP contribution in [0.3, 0.4) is 0 Å². The van der Waals surface area contributed by atoms with Crippen LogP contribution >= 0.6 is 43.2 Å². The van der Waals surface area contributed by atoms with Gasteiger partial charge in [0, 0.05) is 18.7 Å². The van der Waals surface area contributed by atoms with Crippen LogP contribution in [0.15, 0.2) is 39.3 Å². The maximum atomic E-state index is 3.67. The van der Waals surface area contributed by atoms with Crippen molar-refractivity contribution in [3.8, 4) is 0 Å². The van der Waals surface area contributed by atoms with Crippen LogP contribution in [0.25, 0.3) is 0 Å². The Morgan fingerprint density at radius 2 is 2.00 bits per heavy atom. The van der Waals surface area contributed by atoms with E-state index in [-0.39, 0.29) is 6.04 Å². The van der Waals surface area contributed by atoms with Crippen molar-refractivity contribution in [3.05, 3.63) is 54.6 Å². The van der Waals surface area contributed by atoms with Gasteiger partial charge in [-0.15, -0.1) is 11.3 Å². The molecule has 0 amide bonds. The van der Waals surface area contributed by atoms with Crippen LogP contribution in [-0.4, -0.2) is 6.54 Å². The number of hydrogen-bond acceptors (Lipinski definition) is 2. The van der Waals surface area contributed by atoms with E-state index in [4.69, 9.17) is 0 Å². The molecule has 1 nitrogen and oxygen atoms in total. The fourth-order valence-electron chi connectivity index (χ4n) is 2.00. The number of aryl methyl sites for hydroxylation is 1. The van der Waals surface area contributed by atoms with Crippen LogP contribution in [0.2, 0.25) is 0 Å². The van der Waals surface area contributed by atoms with Crippen LogP contribution in [0.5, 0.6) is 0 Å². The standard InChI is InChI=1S/C15H17Br2NS/c1-3-8-18-15(14-7-4-10(2)19-14)12-9-11(16)5-6-13(12)17/h4-7,9,15,18H,3,8H2,1-2H3. The van der Waals surface area contributed by atoms with Crippen molar-refractivity contribution >= 4 is 43.2 Å². The maximum absolute atomic E-state index is 3.67. The first-order chi connectivity index (χ1) is 9.11. The van der Waals surface area contributed by atoms with E-state index in [1.54, 1.807) is 0 Å². The molecule has 0 aliphatic rings. The van der Waals surface area contributed by atoms with Crippen molar-refractivity contribution in [1.82, 2.24) is 5.32 Å². The number of benzene rings is 1. The predicted molar refractivity (Wildman–Crippen MR) is 91.0 cm³/mol. The lowest BCUT2D eigenvalue weighted by Crippen LogP contribution is -2.22. The van der Waals surface area contributed by atoms with Crippen molar-refractivity contribution < 1.29 is 0 Å². The Hall–Kier alpha value is -0.160. The lowest BCUT2D eigenvalue weighted by molar-refractivity contribution is 0.604. The van der Waals surface area contributed by atoms with Gasteiger partial charge in [-0.3, -0.25) is 0 Å². The molecule has 1 N–H and O–H groups in total. The van der Waals surface area contributed by atoms with Gasteiger partial charge in [0.1, 0.15) is 0 Å². The van der Waals surface area contributed by atoms with E-state index in [1.807, 2.05) is 11.3 Å². The molecule has 1 aromatic carbocycles. The van der Waals surface area contributed by atoms with Gasteiger partial charge in [0.05, 0.1) is 6.04 Å². The molecule has 1 atom stereocenters. The molecule has 0 radical (unpaired) electrons. The lowest BCUT2D eigenvalue weighted by Gasteiger charge is -2.19. The maximum Gasteiger partial charge on any atom is 0.0682 e. The fraction of sp³-hybridized carbons (Fsp3) is 0.333. The third kappa shape index (κ3) is 3.91. The second-order valence-corrected chi connectivity index (χ2v) is 7.59. The molecule has 0 aliphatic heterocycles. The summed E-state index contributed by atoms with van der Waals surface area (Å²) in [6.45, 7) is 5.36. The molecule has 0 saturated carbocycles. The van der Waals surface area contributed by atoms with Gasteiger partial charge >= 0.3 is 0 Å². The molecule has 2 rings (SSSR count). The highest BCUT2D eigenvalue weighted by molar-refractivity contribution is 9.11. The van der Waals surface area contributed by atoms with Gasteiger partial charge < -0.3 is 5.32 Å². The molecule has 102 valence electrons. The smallest absolute Gasteiger partial charge is 0.0682 e. The summed E-state index contributed by atoms with van der Waals surface area (Å²) in [5.74, 6) is 0. The highest BCUT2D eigenvalue weighted by Crippen LogP contribution is 2.34. The zero-order valence-electron chi connectivity index (χ0n) is 11.0. The molecular formula is C15H17Br2NS. The average molecular weight is 403 g/mol. The van der Waals surface area contributed by atoms with Crippen LogP contribution in [0.1, 0.15) is 34.7 Å². The van der Waals surface area contributed by atoms with Crippen molar-refractivity contribution in [2.75, 3.05) is 6.54 Å². The number of nitrogens with one attached hydrogen (secondary N) is 1. The van der Waals surface area contributed by atoms with Crippen LogP contribution in [0.4, 0.5) is 0 Å². The zero-order valence-corrected chi connectivity index (χ0v) is 15.0. The van der Waals surface area contributed by atoms with Crippen LogP contribution in [-0.2, 0) is 0 Å². The summed E-state index contributed by atoms with van der Waals surface area (Å²) in [4.78, 5) is 2.72. The minimum Gasteiger partial charge on any atom is -0.306 e. The van der Waals surface area contributed by atoms with E-state index in [0.717, 1.165) is 21.9 Å². The van der Waals surface area contributed by atoms with Gasteiger partial charge in [-0.05, 0) is 55.8 Å². The Labute approximate surface area is 135 Å². The highest BCUT2D eigenvalue weighted by atomic mass is 79.9. The van der Waals surface area contributed by atoms with Crippen molar-refractivity contribution in [2.45, 2.75) is 26.3 Å². The molecule has 0 spiro atoms. The van der Waals surface area contributed by atoms with Gasteiger partial charge in [0.15, 0.2) is 0 Å². The molecule has 19 heavy (non-hydrogen) atoms. The highest BCUT2D eigenvalue weighted by Gasteiger charge is 2.18. The Kier molecular flexibility index (Phi) is 5.63. The first-order valence-electron chi connectivity index (χ1n) is 6.36. The first-order valence-corrected chi connectivity index (χ1v) is 8.76. The molecule has 1 unspecified atom stereocenters. The van der Waals surface area contributed by atoms with E-state index in [0.29, 0.717) is 0 Å². The molecule has 0 aliphatic carbocycles. The van der Waals surface area contributed by atoms with E-state index < -0.39 is 0 Å². The van der Waals surface area contributed by atoms with Gasteiger partial charge in [-0.1, -0.05) is 38.8 Å². The van der Waals surface area contributed by atoms with Gasteiger partial charge in [-0.25, -0.2) is 0 Å². The quantitative estimate of drug-likeness (QED) is 0.679. The summed E-state index contributed by atoms with van der Waals surface area (Å²) < 4.78 is 2.26. The average Bonchev–Trinajstić information content (AvgIpc) is 2.80. The largest absolute Gasteiger partial charge is 0.306 e. The molecule has 0 saturated heterocycles. The van der Waals surface area contributed by atoms with Crippen molar-refractivity contribution in [2.24, 2.45) is 0 Å². The zero-order chi connectivity index (χ0) is 13.8. The summed E-state index contributed by atoms with van der Waals surface area (Å²) >= 11 is 9.09. The number of rotatable bonds is 5. The summed E-state index contributed by atoms with van der Waals surface area (Å²) in [5, 5.41) is 3.64. The third-order valence-corrected chi connectivity index (χ3v) is 5.19. The molecule has 1 heterocycles. The van der Waals surface area contributed by atoms with Crippen LogP contribution < -0.4 is 5.32 Å².